The monoisotopic (exact) mass is 371 g/mol. The van der Waals surface area contributed by atoms with Crippen LogP contribution in [0.15, 0.2) is 29.6 Å². The number of nitrogens with one attached hydrogen (secondary N) is 2. The molecular weight excluding hydrogens is 342 g/mol. The zero-order valence-electron chi connectivity index (χ0n) is 16.5. The second kappa shape index (κ2) is 7.62. The van der Waals surface area contributed by atoms with Gasteiger partial charge >= 0.3 is 0 Å². The Kier molecular flexibility index (Phi) is 5.44. The number of phenols is 1. The van der Waals surface area contributed by atoms with Gasteiger partial charge in [0.05, 0.1) is 17.2 Å². The largest absolute Gasteiger partial charge is 0.505 e. The lowest BCUT2D eigenvalue weighted by molar-refractivity contribution is -0.120. The summed E-state index contributed by atoms with van der Waals surface area (Å²) in [6.07, 6.45) is 4.77. The number of hydrogen-bond acceptors (Lipinski definition) is 5. The van der Waals surface area contributed by atoms with Crippen LogP contribution in [-0.2, 0) is 4.79 Å². The number of ketones is 1. The fraction of sp³-hybridized carbons (Fsp3) is 0.524. The summed E-state index contributed by atoms with van der Waals surface area (Å²) in [7, 11) is 3.27. The average molecular weight is 371 g/mol. The summed E-state index contributed by atoms with van der Waals surface area (Å²) in [6.45, 7) is 4.15. The lowest BCUT2D eigenvalue weighted by atomic mass is 9.82. The predicted octanol–water partition coefficient (Wildman–Crippen LogP) is 3.10. The molecule has 1 aromatic carbocycles. The molecule has 146 valence electrons. The number of amides is 1. The predicted molar refractivity (Wildman–Crippen MR) is 105 cm³/mol. The maximum absolute atomic E-state index is 12.4. The maximum atomic E-state index is 12.4. The highest BCUT2D eigenvalue weighted by atomic mass is 16.3. The number of carbonyl (C=O) groups is 2. The van der Waals surface area contributed by atoms with Crippen LogP contribution in [-0.4, -0.2) is 41.8 Å². The van der Waals surface area contributed by atoms with Crippen LogP contribution in [0.5, 0.6) is 5.75 Å². The van der Waals surface area contributed by atoms with Crippen LogP contribution in [0.1, 0.15) is 49.9 Å². The SMILES string of the molecule is CC1C(=O)C(Nc2cccc(C(=O)N(C)C)c2O)=C1NC1CCCCC1C. The Morgan fingerprint density at radius 3 is 2.56 bits per heavy atom. The van der Waals surface area contributed by atoms with E-state index in [1.807, 2.05) is 6.92 Å². The fourth-order valence-electron chi connectivity index (χ4n) is 3.87. The number of anilines is 1. The Balaban J connectivity index is 1.85. The van der Waals surface area contributed by atoms with E-state index < -0.39 is 0 Å². The van der Waals surface area contributed by atoms with Crippen molar-refractivity contribution in [2.24, 2.45) is 11.8 Å². The Morgan fingerprint density at radius 1 is 1.19 bits per heavy atom. The normalized spacial score (nSPS) is 25.0. The molecule has 0 spiro atoms. The molecule has 6 heteroatoms. The third kappa shape index (κ3) is 3.66. The van der Waals surface area contributed by atoms with Crippen molar-refractivity contribution in [3.63, 3.8) is 0 Å². The van der Waals surface area contributed by atoms with E-state index >= 15 is 0 Å². The van der Waals surface area contributed by atoms with Gasteiger partial charge in [-0.25, -0.2) is 0 Å². The van der Waals surface area contributed by atoms with Crippen molar-refractivity contribution < 1.29 is 14.7 Å². The second-order valence-electron chi connectivity index (χ2n) is 7.91. The van der Waals surface area contributed by atoms with E-state index in [-0.39, 0.29) is 28.9 Å². The topological polar surface area (TPSA) is 81.7 Å². The van der Waals surface area contributed by atoms with E-state index in [1.54, 1.807) is 32.3 Å². The minimum Gasteiger partial charge on any atom is -0.505 e. The van der Waals surface area contributed by atoms with Crippen LogP contribution >= 0.6 is 0 Å². The van der Waals surface area contributed by atoms with Crippen LogP contribution in [0.2, 0.25) is 0 Å². The summed E-state index contributed by atoms with van der Waals surface area (Å²) in [5, 5.41) is 17.1. The number of carbonyl (C=O) groups excluding carboxylic acids is 2. The van der Waals surface area contributed by atoms with Crippen molar-refractivity contribution >= 4 is 17.4 Å². The number of aromatic hydroxyl groups is 1. The third-order valence-corrected chi connectivity index (χ3v) is 5.73. The molecule has 1 fully saturated rings. The van der Waals surface area contributed by atoms with Crippen molar-refractivity contribution in [3.05, 3.63) is 35.2 Å². The van der Waals surface area contributed by atoms with Crippen molar-refractivity contribution in [1.29, 1.82) is 0 Å². The summed E-state index contributed by atoms with van der Waals surface area (Å²) in [5.74, 6) is -0.000781. The van der Waals surface area contributed by atoms with Gasteiger partial charge in [0.25, 0.3) is 5.91 Å². The first-order valence-corrected chi connectivity index (χ1v) is 9.66. The van der Waals surface area contributed by atoms with Crippen molar-refractivity contribution in [3.8, 4) is 5.75 Å². The van der Waals surface area contributed by atoms with Gasteiger partial charge in [0.15, 0.2) is 11.5 Å². The highest BCUT2D eigenvalue weighted by molar-refractivity contribution is 6.09. The first-order chi connectivity index (χ1) is 12.8. The molecule has 0 bridgehead atoms. The van der Waals surface area contributed by atoms with E-state index in [0.717, 1.165) is 12.1 Å². The first-order valence-electron chi connectivity index (χ1n) is 9.66. The van der Waals surface area contributed by atoms with E-state index in [0.29, 0.717) is 23.3 Å². The molecule has 1 saturated carbocycles. The summed E-state index contributed by atoms with van der Waals surface area (Å²) in [6, 6.07) is 5.32. The molecule has 3 rings (SSSR count). The number of rotatable bonds is 5. The summed E-state index contributed by atoms with van der Waals surface area (Å²) in [5.41, 5.74) is 1.97. The van der Waals surface area contributed by atoms with E-state index in [9.17, 15) is 14.7 Å². The minimum atomic E-state index is -0.284. The van der Waals surface area contributed by atoms with Crippen LogP contribution in [0.25, 0.3) is 0 Å². The van der Waals surface area contributed by atoms with Gasteiger partial charge in [-0.15, -0.1) is 0 Å². The maximum Gasteiger partial charge on any atom is 0.257 e. The number of nitrogens with zero attached hydrogens (tertiary/aromatic N) is 1. The molecule has 2 aliphatic rings. The number of Topliss-reactive ketones (excluding diaryl/α,β-unsaturated/α-hetero) is 1. The molecule has 3 N–H and O–H groups in total. The minimum absolute atomic E-state index is 0.0182. The lowest BCUT2D eigenvalue weighted by Crippen LogP contribution is -2.46. The van der Waals surface area contributed by atoms with Crippen LogP contribution in [0, 0.1) is 11.8 Å². The standard InChI is InChI=1S/C21H29N3O3/c1-12-8-5-6-10-15(12)22-17-13(2)19(25)18(17)23-16-11-7-9-14(20(16)26)21(27)24(3)4/h7,9,11-13,15,22-23,26H,5-6,8,10H2,1-4H3. The molecule has 27 heavy (non-hydrogen) atoms. The summed E-state index contributed by atoms with van der Waals surface area (Å²) < 4.78 is 0. The summed E-state index contributed by atoms with van der Waals surface area (Å²) in [4.78, 5) is 26.0. The second-order valence-corrected chi connectivity index (χ2v) is 7.91. The van der Waals surface area contributed by atoms with Gasteiger partial charge in [-0.2, -0.15) is 0 Å². The molecular formula is C21H29N3O3. The molecule has 1 aromatic rings. The fourth-order valence-corrected chi connectivity index (χ4v) is 3.87. The molecule has 0 aliphatic heterocycles. The van der Waals surface area contributed by atoms with Gasteiger partial charge in [0.1, 0.15) is 5.70 Å². The Hall–Kier alpha value is -2.50. The number of hydrogen-bond donors (Lipinski definition) is 3. The molecule has 0 saturated heterocycles. The van der Waals surface area contributed by atoms with Gasteiger partial charge in [-0.1, -0.05) is 25.8 Å². The van der Waals surface area contributed by atoms with Crippen molar-refractivity contribution in [2.45, 2.75) is 45.6 Å². The Morgan fingerprint density at radius 2 is 1.89 bits per heavy atom. The molecule has 3 unspecified atom stereocenters. The van der Waals surface area contributed by atoms with Gasteiger partial charge in [-0.05, 0) is 37.8 Å². The molecule has 1 amide bonds. The summed E-state index contributed by atoms with van der Waals surface area (Å²) >= 11 is 0. The highest BCUT2D eigenvalue weighted by Gasteiger charge is 2.38. The molecule has 3 atom stereocenters. The first kappa shape index (κ1) is 19.3. The van der Waals surface area contributed by atoms with Gasteiger partial charge < -0.3 is 20.6 Å². The number of phenolic OH excluding ortho intramolecular Hbond substituents is 1. The van der Waals surface area contributed by atoms with E-state index in [4.69, 9.17) is 0 Å². The Labute approximate surface area is 160 Å². The smallest absolute Gasteiger partial charge is 0.257 e. The van der Waals surface area contributed by atoms with Gasteiger partial charge in [-0.3, -0.25) is 9.59 Å². The molecule has 2 aliphatic carbocycles. The molecule has 0 aromatic heterocycles. The van der Waals surface area contributed by atoms with E-state index in [1.165, 1.54) is 24.2 Å². The van der Waals surface area contributed by atoms with Crippen LogP contribution < -0.4 is 10.6 Å². The van der Waals surface area contributed by atoms with Crippen LogP contribution in [0.4, 0.5) is 5.69 Å². The number of benzene rings is 1. The van der Waals surface area contributed by atoms with Crippen molar-refractivity contribution in [1.82, 2.24) is 10.2 Å². The number of allylic oxidation sites excluding steroid dienone is 2. The molecule has 0 heterocycles. The zero-order chi connectivity index (χ0) is 19.7. The quantitative estimate of drug-likeness (QED) is 0.693. The number of para-hydroxylation sites is 1. The molecule has 0 radical (unpaired) electrons. The van der Waals surface area contributed by atoms with Gasteiger partial charge in [0, 0.05) is 25.8 Å². The highest BCUT2D eigenvalue weighted by Crippen LogP contribution is 2.36. The third-order valence-electron chi connectivity index (χ3n) is 5.73. The molecule has 6 nitrogen and oxygen atoms in total. The van der Waals surface area contributed by atoms with Crippen LogP contribution in [0.3, 0.4) is 0 Å². The van der Waals surface area contributed by atoms with Gasteiger partial charge in [0.2, 0.25) is 0 Å². The van der Waals surface area contributed by atoms with Crippen molar-refractivity contribution in [2.75, 3.05) is 19.4 Å². The Bertz CT molecular complexity index is 785. The van der Waals surface area contributed by atoms with E-state index in [2.05, 4.69) is 17.6 Å². The zero-order valence-corrected chi connectivity index (χ0v) is 16.5. The average Bonchev–Trinajstić information content (AvgIpc) is 2.66. The lowest BCUT2D eigenvalue weighted by Gasteiger charge is -2.37.